The van der Waals surface area contributed by atoms with Crippen molar-refractivity contribution in [1.29, 1.82) is 0 Å². The molecule has 0 heterocycles. The van der Waals surface area contributed by atoms with Gasteiger partial charge in [-0.2, -0.15) is 0 Å². The lowest BCUT2D eigenvalue weighted by atomic mass is 9.92. The van der Waals surface area contributed by atoms with Crippen LogP contribution in [0.15, 0.2) is 0 Å². The van der Waals surface area contributed by atoms with Gasteiger partial charge in [-0.1, -0.05) is 6.92 Å². The lowest BCUT2D eigenvalue weighted by Gasteiger charge is -2.33. The number of hydrogen-bond acceptors (Lipinski definition) is 4. The minimum absolute atomic E-state index is 0.121. The Morgan fingerprint density at radius 1 is 1.38 bits per heavy atom. The molecule has 16 heavy (non-hydrogen) atoms. The summed E-state index contributed by atoms with van der Waals surface area (Å²) < 4.78 is 27.4. The molecule has 2 unspecified atom stereocenters. The van der Waals surface area contributed by atoms with Crippen LogP contribution in [0.25, 0.3) is 0 Å². The summed E-state index contributed by atoms with van der Waals surface area (Å²) in [6.45, 7) is 6.25. The molecule has 0 rings (SSSR count). The molecule has 0 fully saturated rings. The fraction of sp³-hybridized carbons (Fsp3) is 1.00. The zero-order valence-corrected chi connectivity index (χ0v) is 11.5. The van der Waals surface area contributed by atoms with E-state index in [1.807, 2.05) is 20.8 Å². The second-order valence-electron chi connectivity index (χ2n) is 4.39. The molecule has 0 aromatic carbocycles. The Morgan fingerprint density at radius 3 is 2.31 bits per heavy atom. The second kappa shape index (κ2) is 6.57. The van der Waals surface area contributed by atoms with Gasteiger partial charge in [0.05, 0.1) is 11.7 Å². The average Bonchev–Trinajstić information content (AvgIpc) is 2.15. The molecule has 0 amide bonds. The van der Waals surface area contributed by atoms with Crippen molar-refractivity contribution < 1.29 is 18.3 Å². The van der Waals surface area contributed by atoms with E-state index < -0.39 is 21.5 Å². The summed E-state index contributed by atoms with van der Waals surface area (Å²) in [5, 5.41) is 9.98. The first kappa shape index (κ1) is 15.9. The van der Waals surface area contributed by atoms with Crippen LogP contribution in [0, 0.1) is 0 Å². The number of rotatable bonds is 8. The summed E-state index contributed by atoms with van der Waals surface area (Å²) in [6, 6.07) is 0. The fourth-order valence-electron chi connectivity index (χ4n) is 1.61. The smallest absolute Gasteiger partial charge is 0.147 e. The van der Waals surface area contributed by atoms with Gasteiger partial charge in [0, 0.05) is 18.6 Å². The third kappa shape index (κ3) is 5.82. The largest absolute Gasteiger partial charge is 0.390 e. The molecule has 0 bridgehead atoms. The molecule has 1 N–H and O–H groups in total. The minimum Gasteiger partial charge on any atom is -0.390 e. The highest BCUT2D eigenvalue weighted by molar-refractivity contribution is 7.90. The third-order valence-electron chi connectivity index (χ3n) is 2.87. The summed E-state index contributed by atoms with van der Waals surface area (Å²) in [4.78, 5) is 0. The molecule has 98 valence electrons. The van der Waals surface area contributed by atoms with Gasteiger partial charge in [-0.25, -0.2) is 8.42 Å². The Kier molecular flexibility index (Phi) is 6.51. The third-order valence-corrected chi connectivity index (χ3v) is 3.90. The maximum absolute atomic E-state index is 10.9. The van der Waals surface area contributed by atoms with Gasteiger partial charge < -0.3 is 9.84 Å². The highest BCUT2D eigenvalue weighted by atomic mass is 32.2. The van der Waals surface area contributed by atoms with Crippen molar-refractivity contribution in [2.45, 2.75) is 51.7 Å². The molecule has 0 aromatic rings. The Hall–Kier alpha value is -0.130. The van der Waals surface area contributed by atoms with Crippen molar-refractivity contribution in [2.75, 3.05) is 18.6 Å². The summed E-state index contributed by atoms with van der Waals surface area (Å²) >= 11 is 0. The summed E-state index contributed by atoms with van der Waals surface area (Å²) in [7, 11) is -2.94. The highest BCUT2D eigenvalue weighted by Crippen LogP contribution is 2.23. The van der Waals surface area contributed by atoms with Crippen molar-refractivity contribution in [3.05, 3.63) is 0 Å². The number of aliphatic hydroxyl groups excluding tert-OH is 1. The molecule has 0 saturated heterocycles. The van der Waals surface area contributed by atoms with Crippen LogP contribution in [0.3, 0.4) is 0 Å². The molecule has 2 atom stereocenters. The summed E-state index contributed by atoms with van der Waals surface area (Å²) in [5.41, 5.74) is -0.563. The molecule has 0 aliphatic carbocycles. The van der Waals surface area contributed by atoms with Crippen LogP contribution in [0.1, 0.15) is 40.0 Å². The van der Waals surface area contributed by atoms with Crippen LogP contribution in [-0.4, -0.2) is 43.8 Å². The molecule has 0 saturated carbocycles. The van der Waals surface area contributed by atoms with E-state index >= 15 is 0 Å². The van der Waals surface area contributed by atoms with Crippen LogP contribution in [0.4, 0.5) is 0 Å². The van der Waals surface area contributed by atoms with Gasteiger partial charge >= 0.3 is 0 Å². The lowest BCUT2D eigenvalue weighted by molar-refractivity contribution is -0.113. The number of sulfone groups is 1. The van der Waals surface area contributed by atoms with E-state index in [4.69, 9.17) is 4.74 Å². The molecule has 0 aromatic heterocycles. The van der Waals surface area contributed by atoms with E-state index in [1.54, 1.807) is 0 Å². The standard InChI is InChI=1S/C11H24O4S/c1-5-11(3,15-6-2)10(12)8-7-9-16(4,13)14/h10,12H,5-9H2,1-4H3. The van der Waals surface area contributed by atoms with E-state index in [0.717, 1.165) is 0 Å². The normalized spacial score (nSPS) is 18.1. The molecule has 0 radical (unpaired) electrons. The van der Waals surface area contributed by atoms with Crippen molar-refractivity contribution in [3.8, 4) is 0 Å². The van der Waals surface area contributed by atoms with E-state index in [-0.39, 0.29) is 5.75 Å². The zero-order valence-electron chi connectivity index (χ0n) is 10.7. The predicted molar refractivity (Wildman–Crippen MR) is 65.3 cm³/mol. The van der Waals surface area contributed by atoms with Gasteiger partial charge in [0.25, 0.3) is 0 Å². The van der Waals surface area contributed by atoms with Crippen LogP contribution < -0.4 is 0 Å². The molecular formula is C11H24O4S. The molecular weight excluding hydrogens is 228 g/mol. The van der Waals surface area contributed by atoms with Gasteiger partial charge in [0.2, 0.25) is 0 Å². The summed E-state index contributed by atoms with van der Waals surface area (Å²) in [5.74, 6) is 0.121. The Balaban J connectivity index is 4.17. The molecule has 0 spiro atoms. The lowest BCUT2D eigenvalue weighted by Crippen LogP contribution is -2.41. The first-order chi connectivity index (χ1) is 7.25. The zero-order chi connectivity index (χ0) is 12.8. The number of hydrogen-bond donors (Lipinski definition) is 1. The van der Waals surface area contributed by atoms with Gasteiger partial charge in [-0.15, -0.1) is 0 Å². The highest BCUT2D eigenvalue weighted by Gasteiger charge is 2.31. The Bertz CT molecular complexity index is 286. The quantitative estimate of drug-likeness (QED) is 0.709. The SMILES string of the molecule is CCOC(C)(CC)C(O)CCCS(C)(=O)=O. The first-order valence-electron chi connectivity index (χ1n) is 5.75. The Labute approximate surface area is 98.9 Å². The predicted octanol–water partition coefficient (Wildman–Crippen LogP) is 1.38. The fourth-order valence-corrected chi connectivity index (χ4v) is 2.30. The van der Waals surface area contributed by atoms with E-state index in [1.165, 1.54) is 6.26 Å². The van der Waals surface area contributed by atoms with Gasteiger partial charge in [-0.05, 0) is 33.1 Å². The van der Waals surface area contributed by atoms with Crippen LogP contribution in [0.5, 0.6) is 0 Å². The van der Waals surface area contributed by atoms with Gasteiger partial charge in [-0.3, -0.25) is 0 Å². The maximum atomic E-state index is 10.9. The van der Waals surface area contributed by atoms with Gasteiger partial charge in [0.15, 0.2) is 0 Å². The second-order valence-corrected chi connectivity index (χ2v) is 6.65. The molecule has 4 nitrogen and oxygen atoms in total. The molecule has 0 aliphatic heterocycles. The number of aliphatic hydroxyl groups is 1. The first-order valence-corrected chi connectivity index (χ1v) is 7.81. The Morgan fingerprint density at radius 2 is 1.94 bits per heavy atom. The minimum atomic E-state index is -2.94. The summed E-state index contributed by atoms with van der Waals surface area (Å²) in [6.07, 6.45) is 2.24. The van der Waals surface area contributed by atoms with Crippen molar-refractivity contribution in [3.63, 3.8) is 0 Å². The van der Waals surface area contributed by atoms with Crippen molar-refractivity contribution >= 4 is 9.84 Å². The number of ether oxygens (including phenoxy) is 1. The van der Waals surface area contributed by atoms with Crippen molar-refractivity contribution in [2.24, 2.45) is 0 Å². The van der Waals surface area contributed by atoms with Crippen LogP contribution in [-0.2, 0) is 14.6 Å². The van der Waals surface area contributed by atoms with E-state index in [2.05, 4.69) is 0 Å². The molecule has 0 aliphatic rings. The van der Waals surface area contributed by atoms with E-state index in [9.17, 15) is 13.5 Å². The maximum Gasteiger partial charge on any atom is 0.147 e. The van der Waals surface area contributed by atoms with E-state index in [0.29, 0.717) is 25.9 Å². The van der Waals surface area contributed by atoms with Gasteiger partial charge in [0.1, 0.15) is 9.84 Å². The van der Waals surface area contributed by atoms with Crippen LogP contribution >= 0.6 is 0 Å². The topological polar surface area (TPSA) is 63.6 Å². The molecule has 5 heteroatoms. The average molecular weight is 252 g/mol. The van der Waals surface area contributed by atoms with Crippen molar-refractivity contribution in [1.82, 2.24) is 0 Å². The van der Waals surface area contributed by atoms with Crippen LogP contribution in [0.2, 0.25) is 0 Å². The monoisotopic (exact) mass is 252 g/mol.